The Bertz CT molecular complexity index is 627. The number of carbonyl (C=O) groups excluding carboxylic acids is 3. The average molecular weight is 316 g/mol. The van der Waals surface area contributed by atoms with Gasteiger partial charge >= 0.3 is 0 Å². The zero-order valence-electron chi connectivity index (χ0n) is 13.5. The smallest absolute Gasteiger partial charge is 0.262 e. The molecule has 1 fully saturated rings. The summed E-state index contributed by atoms with van der Waals surface area (Å²) in [6.45, 7) is 6.35. The van der Waals surface area contributed by atoms with Crippen molar-refractivity contribution in [2.24, 2.45) is 0 Å². The number of morpholine rings is 1. The zero-order valence-corrected chi connectivity index (χ0v) is 13.5. The number of benzene rings is 1. The molecule has 0 aliphatic carbocycles. The molecular formula is C17H20N2O4. The van der Waals surface area contributed by atoms with Crippen LogP contribution in [0.2, 0.25) is 0 Å². The Hall–Kier alpha value is -2.21. The van der Waals surface area contributed by atoms with Crippen LogP contribution < -0.4 is 0 Å². The van der Waals surface area contributed by atoms with Gasteiger partial charge < -0.3 is 9.64 Å². The van der Waals surface area contributed by atoms with Crippen LogP contribution in [0.25, 0.3) is 0 Å². The van der Waals surface area contributed by atoms with Gasteiger partial charge in [0, 0.05) is 13.1 Å². The average Bonchev–Trinajstić information content (AvgIpc) is 2.77. The predicted molar refractivity (Wildman–Crippen MR) is 83.0 cm³/mol. The summed E-state index contributed by atoms with van der Waals surface area (Å²) in [7, 11) is 0. The molecular weight excluding hydrogens is 296 g/mol. The number of amides is 3. The second kappa shape index (κ2) is 5.77. The van der Waals surface area contributed by atoms with E-state index in [1.54, 1.807) is 36.1 Å². The fraction of sp³-hybridized carbons (Fsp3) is 0.471. The lowest BCUT2D eigenvalue weighted by Crippen LogP contribution is -2.55. The van der Waals surface area contributed by atoms with Gasteiger partial charge in [0.1, 0.15) is 6.04 Å². The Morgan fingerprint density at radius 3 is 2.04 bits per heavy atom. The third kappa shape index (κ3) is 2.63. The Balaban J connectivity index is 1.81. The van der Waals surface area contributed by atoms with Crippen LogP contribution in [0.3, 0.4) is 0 Å². The molecule has 6 heteroatoms. The summed E-state index contributed by atoms with van der Waals surface area (Å²) in [5.41, 5.74) is 0.724. The fourth-order valence-electron chi connectivity index (χ4n) is 3.29. The molecule has 0 aromatic heterocycles. The number of hydrogen-bond acceptors (Lipinski definition) is 4. The molecule has 0 saturated carbocycles. The molecule has 0 bridgehead atoms. The summed E-state index contributed by atoms with van der Waals surface area (Å²) in [5.74, 6) is -1.02. The van der Waals surface area contributed by atoms with E-state index in [0.717, 1.165) is 4.90 Å². The largest absolute Gasteiger partial charge is 0.372 e. The van der Waals surface area contributed by atoms with Crippen molar-refractivity contribution in [3.8, 4) is 0 Å². The van der Waals surface area contributed by atoms with Crippen LogP contribution in [-0.2, 0) is 9.53 Å². The molecule has 1 aromatic rings. The number of hydrogen-bond donors (Lipinski definition) is 0. The van der Waals surface area contributed by atoms with Gasteiger partial charge in [-0.3, -0.25) is 19.3 Å². The van der Waals surface area contributed by atoms with Gasteiger partial charge in [-0.2, -0.15) is 0 Å². The highest BCUT2D eigenvalue weighted by Gasteiger charge is 2.42. The van der Waals surface area contributed by atoms with Crippen molar-refractivity contribution in [1.29, 1.82) is 0 Å². The summed E-state index contributed by atoms with van der Waals surface area (Å²) < 4.78 is 5.62. The highest BCUT2D eigenvalue weighted by Crippen LogP contribution is 2.25. The molecule has 122 valence electrons. The topological polar surface area (TPSA) is 66.9 Å². The minimum absolute atomic E-state index is 0.0583. The first-order valence-electron chi connectivity index (χ1n) is 7.81. The van der Waals surface area contributed by atoms with E-state index >= 15 is 0 Å². The monoisotopic (exact) mass is 316 g/mol. The minimum atomic E-state index is -0.820. The number of rotatable bonds is 2. The zero-order chi connectivity index (χ0) is 16.7. The number of imide groups is 1. The van der Waals surface area contributed by atoms with Crippen molar-refractivity contribution in [3.63, 3.8) is 0 Å². The van der Waals surface area contributed by atoms with E-state index in [1.165, 1.54) is 0 Å². The SMILES string of the molecule is C[C@H](C(=O)N1C[C@H](C)O[C@@H](C)C1)N1C(=O)c2ccccc2C1=O. The number of carbonyl (C=O) groups is 3. The lowest BCUT2D eigenvalue weighted by atomic mass is 10.1. The van der Waals surface area contributed by atoms with E-state index in [1.807, 2.05) is 13.8 Å². The molecule has 1 aromatic carbocycles. The number of ether oxygens (including phenoxy) is 1. The molecule has 2 aliphatic heterocycles. The molecule has 3 atom stereocenters. The van der Waals surface area contributed by atoms with Crippen molar-refractivity contribution in [3.05, 3.63) is 35.4 Å². The maximum atomic E-state index is 12.7. The Morgan fingerprint density at radius 2 is 1.57 bits per heavy atom. The molecule has 3 rings (SSSR count). The Morgan fingerprint density at radius 1 is 1.09 bits per heavy atom. The van der Waals surface area contributed by atoms with E-state index in [9.17, 15) is 14.4 Å². The van der Waals surface area contributed by atoms with Gasteiger partial charge in [-0.1, -0.05) is 12.1 Å². The molecule has 2 heterocycles. The Kier molecular flexibility index (Phi) is 3.93. The number of nitrogens with zero attached hydrogens (tertiary/aromatic N) is 2. The highest BCUT2D eigenvalue weighted by atomic mass is 16.5. The van der Waals surface area contributed by atoms with Gasteiger partial charge in [0.2, 0.25) is 5.91 Å². The molecule has 3 amide bonds. The van der Waals surface area contributed by atoms with E-state index in [0.29, 0.717) is 24.2 Å². The lowest BCUT2D eigenvalue weighted by molar-refractivity contribution is -0.146. The Labute approximate surface area is 135 Å². The maximum Gasteiger partial charge on any atom is 0.262 e. The van der Waals surface area contributed by atoms with Crippen molar-refractivity contribution in [2.45, 2.75) is 39.0 Å². The van der Waals surface area contributed by atoms with Crippen molar-refractivity contribution >= 4 is 17.7 Å². The standard InChI is InChI=1S/C17H20N2O4/c1-10-8-18(9-11(2)23-10)15(20)12(3)19-16(21)13-6-4-5-7-14(13)17(19)22/h4-7,10-12H,8-9H2,1-3H3/t10-,11-,12+/m0/s1. The molecule has 1 saturated heterocycles. The molecule has 0 radical (unpaired) electrons. The summed E-state index contributed by atoms with van der Waals surface area (Å²) in [6.07, 6.45) is -0.117. The summed E-state index contributed by atoms with van der Waals surface area (Å²) in [6, 6.07) is 5.84. The van der Waals surface area contributed by atoms with Crippen molar-refractivity contribution in [2.75, 3.05) is 13.1 Å². The fourth-order valence-corrected chi connectivity index (χ4v) is 3.29. The van der Waals surface area contributed by atoms with Crippen molar-refractivity contribution < 1.29 is 19.1 Å². The van der Waals surface area contributed by atoms with Crippen LogP contribution in [0, 0.1) is 0 Å². The molecule has 2 aliphatic rings. The maximum absolute atomic E-state index is 12.7. The van der Waals surface area contributed by atoms with Gasteiger partial charge in [0.15, 0.2) is 0 Å². The van der Waals surface area contributed by atoms with Crippen LogP contribution in [0.15, 0.2) is 24.3 Å². The van der Waals surface area contributed by atoms with E-state index in [2.05, 4.69) is 0 Å². The second-order valence-electron chi connectivity index (χ2n) is 6.20. The van der Waals surface area contributed by atoms with Gasteiger partial charge in [-0.05, 0) is 32.9 Å². The normalized spacial score (nSPS) is 25.5. The van der Waals surface area contributed by atoms with E-state index < -0.39 is 17.9 Å². The van der Waals surface area contributed by atoms with Crippen molar-refractivity contribution in [1.82, 2.24) is 9.80 Å². The predicted octanol–water partition coefficient (Wildman–Crippen LogP) is 1.31. The third-order valence-corrected chi connectivity index (χ3v) is 4.30. The van der Waals surface area contributed by atoms with Crippen LogP contribution in [0.1, 0.15) is 41.5 Å². The first-order chi connectivity index (χ1) is 10.9. The second-order valence-corrected chi connectivity index (χ2v) is 6.20. The van der Waals surface area contributed by atoms with Crippen LogP contribution >= 0.6 is 0 Å². The minimum Gasteiger partial charge on any atom is -0.372 e. The van der Waals surface area contributed by atoms with Gasteiger partial charge in [0.25, 0.3) is 11.8 Å². The molecule has 0 N–H and O–H groups in total. The molecule has 6 nitrogen and oxygen atoms in total. The first-order valence-corrected chi connectivity index (χ1v) is 7.81. The molecule has 0 unspecified atom stereocenters. The van der Waals surface area contributed by atoms with E-state index in [4.69, 9.17) is 4.74 Å². The summed E-state index contributed by atoms with van der Waals surface area (Å²) in [5, 5.41) is 0. The summed E-state index contributed by atoms with van der Waals surface area (Å²) >= 11 is 0. The quantitative estimate of drug-likeness (QED) is 0.772. The highest BCUT2D eigenvalue weighted by molar-refractivity contribution is 6.22. The van der Waals surface area contributed by atoms with Crippen LogP contribution in [-0.4, -0.2) is 58.9 Å². The number of fused-ring (bicyclic) bond motifs is 1. The summed E-state index contributed by atoms with van der Waals surface area (Å²) in [4.78, 5) is 40.4. The van der Waals surface area contributed by atoms with Gasteiger partial charge in [-0.15, -0.1) is 0 Å². The lowest BCUT2D eigenvalue weighted by Gasteiger charge is -2.37. The van der Waals surface area contributed by atoms with Gasteiger partial charge in [-0.25, -0.2) is 0 Å². The third-order valence-electron chi connectivity index (χ3n) is 4.30. The van der Waals surface area contributed by atoms with E-state index in [-0.39, 0.29) is 18.1 Å². The van der Waals surface area contributed by atoms with Crippen LogP contribution in [0.4, 0.5) is 0 Å². The van der Waals surface area contributed by atoms with Crippen LogP contribution in [0.5, 0.6) is 0 Å². The molecule has 23 heavy (non-hydrogen) atoms. The molecule has 0 spiro atoms. The first kappa shape index (κ1) is 15.7. The van der Waals surface area contributed by atoms with Gasteiger partial charge in [0.05, 0.1) is 23.3 Å².